The summed E-state index contributed by atoms with van der Waals surface area (Å²) in [7, 11) is 0. The van der Waals surface area contributed by atoms with Gasteiger partial charge >= 0.3 is 0 Å². The van der Waals surface area contributed by atoms with E-state index in [4.69, 9.17) is 4.74 Å². The summed E-state index contributed by atoms with van der Waals surface area (Å²) in [5.74, 6) is 1.77. The number of hydrogen-bond acceptors (Lipinski definition) is 2. The summed E-state index contributed by atoms with van der Waals surface area (Å²) in [5.41, 5.74) is 2.27. The van der Waals surface area contributed by atoms with E-state index < -0.39 is 0 Å². The van der Waals surface area contributed by atoms with Gasteiger partial charge in [0, 0.05) is 21.1 Å². The molecule has 0 aromatic heterocycles. The fourth-order valence-electron chi connectivity index (χ4n) is 1.99. The molecule has 2 rings (SSSR count). The number of nitrogens with one attached hydrogen (secondary N) is 1. The smallest absolute Gasteiger partial charge is 0.132 e. The highest BCUT2D eigenvalue weighted by atomic mass is 79.9. The average Bonchev–Trinajstić information content (AvgIpc) is 2.46. The maximum absolute atomic E-state index is 6.12. The lowest BCUT2D eigenvalue weighted by atomic mass is 10.2. The van der Waals surface area contributed by atoms with Crippen molar-refractivity contribution in [3.05, 3.63) is 56.5 Å². The summed E-state index contributed by atoms with van der Waals surface area (Å²) in [5, 5.41) is 3.42. The van der Waals surface area contributed by atoms with Crippen molar-refractivity contribution in [2.24, 2.45) is 0 Å². The van der Waals surface area contributed by atoms with Crippen LogP contribution in [0.2, 0.25) is 0 Å². The van der Waals surface area contributed by atoms with Crippen molar-refractivity contribution in [3.63, 3.8) is 0 Å². The fourth-order valence-corrected chi connectivity index (χ4v) is 2.74. The van der Waals surface area contributed by atoms with E-state index in [1.165, 1.54) is 0 Å². The molecule has 112 valence electrons. The number of hydrogen-bond donors (Lipinski definition) is 1. The van der Waals surface area contributed by atoms with Crippen LogP contribution < -0.4 is 10.1 Å². The summed E-state index contributed by atoms with van der Waals surface area (Å²) in [6.07, 6.45) is 1.12. The Morgan fingerprint density at radius 3 is 2.48 bits per heavy atom. The van der Waals surface area contributed by atoms with Crippen molar-refractivity contribution in [1.29, 1.82) is 0 Å². The molecule has 2 aromatic rings. The van der Waals surface area contributed by atoms with Crippen molar-refractivity contribution in [2.45, 2.75) is 26.8 Å². The zero-order chi connectivity index (χ0) is 15.2. The standard InChI is InChI=1S/C17H19Br2NO/c1-3-8-20-11-13-9-14(18)6-7-16(13)21-17-10-15(19)5-4-12(17)2/h4-7,9-10,20H,3,8,11H2,1-2H3. The molecule has 0 atom stereocenters. The van der Waals surface area contributed by atoms with Gasteiger partial charge in [-0.1, -0.05) is 44.8 Å². The van der Waals surface area contributed by atoms with Gasteiger partial charge in [-0.3, -0.25) is 0 Å². The maximum atomic E-state index is 6.12. The van der Waals surface area contributed by atoms with Gasteiger partial charge in [-0.2, -0.15) is 0 Å². The Morgan fingerprint density at radius 1 is 1.00 bits per heavy atom. The normalized spacial score (nSPS) is 10.7. The SMILES string of the molecule is CCCNCc1cc(Br)ccc1Oc1cc(Br)ccc1C. The van der Waals surface area contributed by atoms with Crippen molar-refractivity contribution < 1.29 is 4.74 Å². The predicted octanol–water partition coefficient (Wildman–Crippen LogP) is 5.81. The van der Waals surface area contributed by atoms with Crippen LogP contribution in [0.5, 0.6) is 11.5 Å². The van der Waals surface area contributed by atoms with Crippen LogP contribution in [0.3, 0.4) is 0 Å². The molecule has 2 aromatic carbocycles. The quantitative estimate of drug-likeness (QED) is 0.604. The van der Waals surface area contributed by atoms with Crippen LogP contribution in [0.25, 0.3) is 0 Å². The van der Waals surface area contributed by atoms with Gasteiger partial charge in [-0.15, -0.1) is 0 Å². The molecular weight excluding hydrogens is 394 g/mol. The second kappa shape index (κ2) is 7.97. The van der Waals surface area contributed by atoms with Crippen molar-refractivity contribution in [3.8, 4) is 11.5 Å². The highest BCUT2D eigenvalue weighted by Crippen LogP contribution is 2.31. The molecule has 0 fully saturated rings. The van der Waals surface area contributed by atoms with Gasteiger partial charge in [0.2, 0.25) is 0 Å². The number of ether oxygens (including phenoxy) is 1. The lowest BCUT2D eigenvalue weighted by Crippen LogP contribution is -2.14. The van der Waals surface area contributed by atoms with Gasteiger partial charge in [0.1, 0.15) is 11.5 Å². The molecule has 0 spiro atoms. The van der Waals surface area contributed by atoms with E-state index in [-0.39, 0.29) is 0 Å². The molecule has 0 unspecified atom stereocenters. The molecule has 0 bridgehead atoms. The molecule has 0 radical (unpaired) electrons. The van der Waals surface area contributed by atoms with Crippen LogP contribution in [-0.2, 0) is 6.54 Å². The second-order valence-electron chi connectivity index (χ2n) is 4.94. The lowest BCUT2D eigenvalue weighted by Gasteiger charge is -2.14. The van der Waals surface area contributed by atoms with Gasteiger partial charge < -0.3 is 10.1 Å². The van der Waals surface area contributed by atoms with E-state index in [0.717, 1.165) is 51.1 Å². The van der Waals surface area contributed by atoms with E-state index in [2.05, 4.69) is 57.1 Å². The molecule has 0 aliphatic heterocycles. The van der Waals surface area contributed by atoms with Crippen LogP contribution in [0, 0.1) is 6.92 Å². The van der Waals surface area contributed by atoms with Crippen LogP contribution in [0.4, 0.5) is 0 Å². The first-order valence-corrected chi connectivity index (χ1v) is 8.62. The Morgan fingerprint density at radius 2 is 1.71 bits per heavy atom. The fraction of sp³-hybridized carbons (Fsp3) is 0.294. The molecular formula is C17H19Br2NO. The van der Waals surface area contributed by atoms with Crippen LogP contribution in [0.15, 0.2) is 45.3 Å². The molecule has 0 saturated carbocycles. The first-order valence-electron chi connectivity index (χ1n) is 7.03. The number of halogens is 2. The molecule has 0 saturated heterocycles. The lowest BCUT2D eigenvalue weighted by molar-refractivity contribution is 0.468. The molecule has 0 aliphatic carbocycles. The molecule has 0 amide bonds. The minimum Gasteiger partial charge on any atom is -0.457 e. The summed E-state index contributed by atoms with van der Waals surface area (Å²) in [6, 6.07) is 12.2. The molecule has 4 heteroatoms. The van der Waals surface area contributed by atoms with Crippen LogP contribution in [0.1, 0.15) is 24.5 Å². The van der Waals surface area contributed by atoms with E-state index >= 15 is 0 Å². The largest absolute Gasteiger partial charge is 0.457 e. The van der Waals surface area contributed by atoms with Gasteiger partial charge in [-0.25, -0.2) is 0 Å². The van der Waals surface area contributed by atoms with Gasteiger partial charge in [0.15, 0.2) is 0 Å². The van der Waals surface area contributed by atoms with Crippen molar-refractivity contribution in [1.82, 2.24) is 5.32 Å². The van der Waals surface area contributed by atoms with Crippen LogP contribution >= 0.6 is 31.9 Å². The monoisotopic (exact) mass is 411 g/mol. The second-order valence-corrected chi connectivity index (χ2v) is 6.77. The van der Waals surface area contributed by atoms with E-state index in [9.17, 15) is 0 Å². The Kier molecular flexibility index (Phi) is 6.27. The van der Waals surface area contributed by atoms with Gasteiger partial charge in [0.25, 0.3) is 0 Å². The van der Waals surface area contributed by atoms with E-state index in [1.54, 1.807) is 0 Å². The molecule has 0 heterocycles. The summed E-state index contributed by atoms with van der Waals surface area (Å²) < 4.78 is 8.20. The summed E-state index contributed by atoms with van der Waals surface area (Å²) in [4.78, 5) is 0. The first-order chi connectivity index (χ1) is 10.1. The third-order valence-electron chi connectivity index (χ3n) is 3.13. The molecule has 0 aliphatic rings. The van der Waals surface area contributed by atoms with Gasteiger partial charge in [0.05, 0.1) is 0 Å². The van der Waals surface area contributed by atoms with E-state index in [1.807, 2.05) is 30.3 Å². The highest BCUT2D eigenvalue weighted by molar-refractivity contribution is 9.10. The Balaban J connectivity index is 2.24. The number of benzene rings is 2. The molecule has 1 N–H and O–H groups in total. The predicted molar refractivity (Wildman–Crippen MR) is 95.1 cm³/mol. The Labute approximate surface area is 143 Å². The first kappa shape index (κ1) is 16.5. The minimum absolute atomic E-state index is 0.801. The molecule has 21 heavy (non-hydrogen) atoms. The van der Waals surface area contributed by atoms with Gasteiger partial charge in [-0.05, 0) is 55.8 Å². The topological polar surface area (TPSA) is 21.3 Å². The number of rotatable bonds is 6. The zero-order valence-electron chi connectivity index (χ0n) is 12.2. The molecule has 2 nitrogen and oxygen atoms in total. The zero-order valence-corrected chi connectivity index (χ0v) is 15.4. The Bertz CT molecular complexity index is 614. The Hall–Kier alpha value is -0.840. The number of aryl methyl sites for hydroxylation is 1. The minimum atomic E-state index is 0.801. The third-order valence-corrected chi connectivity index (χ3v) is 4.12. The summed E-state index contributed by atoms with van der Waals surface area (Å²) >= 11 is 7.02. The third kappa shape index (κ3) is 4.83. The van der Waals surface area contributed by atoms with Crippen molar-refractivity contribution in [2.75, 3.05) is 6.54 Å². The van der Waals surface area contributed by atoms with E-state index in [0.29, 0.717) is 0 Å². The van der Waals surface area contributed by atoms with Crippen LogP contribution in [-0.4, -0.2) is 6.54 Å². The maximum Gasteiger partial charge on any atom is 0.132 e. The average molecular weight is 413 g/mol. The highest BCUT2D eigenvalue weighted by Gasteiger charge is 2.08. The summed E-state index contributed by atoms with van der Waals surface area (Å²) in [6.45, 7) is 6.02. The van der Waals surface area contributed by atoms with Crippen molar-refractivity contribution >= 4 is 31.9 Å².